The topological polar surface area (TPSA) is 106 Å². The van der Waals surface area contributed by atoms with Crippen molar-refractivity contribution in [1.82, 2.24) is 0 Å². The molecule has 0 bridgehead atoms. The van der Waals surface area contributed by atoms with E-state index in [9.17, 15) is 0 Å². The van der Waals surface area contributed by atoms with Crippen molar-refractivity contribution in [2.45, 2.75) is 0 Å². The largest absolute Gasteiger partial charge is 0.412 e. The molecule has 0 aromatic rings. The second kappa shape index (κ2) is 5.23. The van der Waals surface area contributed by atoms with E-state index in [1.54, 1.807) is 0 Å². The predicted octanol–water partition coefficient (Wildman–Crippen LogP) is -1.86. The molecule has 0 aromatic heterocycles. The first-order valence-electron chi connectivity index (χ1n) is 0.698. The van der Waals surface area contributed by atoms with E-state index in [1.165, 1.54) is 0 Å². The number of hydrogen-bond donors (Lipinski definition) is 2. The zero-order chi connectivity index (χ0) is 4.50. The fraction of sp³-hybridized carbons (Fsp3) is 0. The summed E-state index contributed by atoms with van der Waals surface area (Å²) in [6.07, 6.45) is 0. The molecule has 0 saturated heterocycles. The molecule has 0 atom stereocenters. The molecule has 0 aliphatic rings. The van der Waals surface area contributed by atoms with Gasteiger partial charge in [0, 0.05) is 37.7 Å². The third kappa shape index (κ3) is 155. The summed E-state index contributed by atoms with van der Waals surface area (Å²) < 4.78 is 31.6. The third-order valence-electron chi connectivity index (χ3n) is 0. The fourth-order valence-corrected chi connectivity index (χ4v) is 0. The molecule has 4 N–H and O–H groups in total. The van der Waals surface area contributed by atoms with Gasteiger partial charge in [-0.25, -0.2) is 0 Å². The predicted molar refractivity (Wildman–Crippen MR) is 23.5 cm³/mol. The molecule has 7 heavy (non-hydrogen) atoms. The Labute approximate surface area is 70.6 Å². The summed E-state index contributed by atoms with van der Waals surface area (Å²) in [6, 6.07) is 0. The quantitative estimate of drug-likeness (QED) is 0.317. The van der Waals surface area contributed by atoms with Crippen LogP contribution in [0.4, 0.5) is 0 Å². The molecule has 5 nitrogen and oxygen atoms in total. The van der Waals surface area contributed by atoms with Gasteiger partial charge in [0.25, 0.3) is 0 Å². The molecule has 0 saturated carbocycles. The van der Waals surface area contributed by atoms with E-state index in [2.05, 4.69) is 0 Å². The van der Waals surface area contributed by atoms with E-state index < -0.39 is 10.4 Å². The van der Waals surface area contributed by atoms with Gasteiger partial charge in [-0.2, -0.15) is 8.42 Å². The third-order valence-corrected chi connectivity index (χ3v) is 0. The Kier molecular flexibility index (Phi) is 11.7. The maximum Gasteiger partial charge on any atom is 0.394 e. The molecular weight excluding hydrogens is 152 g/mol. The van der Waals surface area contributed by atoms with Gasteiger partial charge in [-0.15, -0.1) is 0 Å². The average Bonchev–Trinajstić information content (AvgIpc) is 0.722. The second-order valence-corrected chi connectivity index (χ2v) is 1.34. The molecule has 0 heterocycles. The van der Waals surface area contributed by atoms with Crippen molar-refractivity contribution >= 4 is 48.1 Å². The monoisotopic (exact) mass is 156 g/mol. The van der Waals surface area contributed by atoms with Gasteiger partial charge in [0.1, 0.15) is 0 Å². The standard InChI is InChI=1S/Ca.H2O4S.H2O/c;1-5(2,3)4;/h;(H2,1,2,3,4);1H2. The zero-order valence-corrected chi connectivity index (χ0v) is 6.35. The van der Waals surface area contributed by atoms with Gasteiger partial charge in [0.15, 0.2) is 0 Å². The molecule has 0 fully saturated rings. The van der Waals surface area contributed by atoms with Crippen molar-refractivity contribution in [3.05, 3.63) is 0 Å². The van der Waals surface area contributed by atoms with Crippen LogP contribution in [0.15, 0.2) is 0 Å². The van der Waals surface area contributed by atoms with Crippen LogP contribution in [0.3, 0.4) is 0 Å². The van der Waals surface area contributed by atoms with E-state index in [0.29, 0.717) is 0 Å². The SMILES string of the molecule is O.O=S(=O)(O)O.[Ca]. The van der Waals surface area contributed by atoms with Gasteiger partial charge in [-0.05, 0) is 0 Å². The van der Waals surface area contributed by atoms with Crippen LogP contribution in [0.1, 0.15) is 0 Å². The van der Waals surface area contributed by atoms with E-state index in [1.807, 2.05) is 0 Å². The molecule has 0 spiro atoms. The minimum absolute atomic E-state index is 0. The molecule has 7 heteroatoms. The van der Waals surface area contributed by atoms with Crippen LogP contribution in [0.5, 0.6) is 0 Å². The maximum absolute atomic E-state index is 8.74. The number of hydrogen-bond acceptors (Lipinski definition) is 2. The zero-order valence-electron chi connectivity index (χ0n) is 3.33. The maximum atomic E-state index is 8.74. The Balaban J connectivity index is -0.0000000800. The van der Waals surface area contributed by atoms with Gasteiger partial charge >= 0.3 is 10.4 Å². The van der Waals surface area contributed by atoms with Crippen molar-refractivity contribution < 1.29 is 23.0 Å². The van der Waals surface area contributed by atoms with Crippen molar-refractivity contribution in [2.75, 3.05) is 0 Å². The Bertz CT molecular complexity index is 91.2. The Morgan fingerprint density at radius 1 is 1.14 bits per heavy atom. The van der Waals surface area contributed by atoms with Crippen LogP contribution >= 0.6 is 0 Å². The van der Waals surface area contributed by atoms with Crippen LogP contribution in [0.25, 0.3) is 0 Å². The van der Waals surface area contributed by atoms with Crippen LogP contribution in [-0.2, 0) is 10.4 Å². The fourth-order valence-electron chi connectivity index (χ4n) is 0. The summed E-state index contributed by atoms with van der Waals surface area (Å²) >= 11 is 0. The van der Waals surface area contributed by atoms with E-state index in [0.717, 1.165) is 0 Å². The van der Waals surface area contributed by atoms with Crippen LogP contribution in [0.2, 0.25) is 0 Å². The van der Waals surface area contributed by atoms with Crippen molar-refractivity contribution in [2.24, 2.45) is 0 Å². The van der Waals surface area contributed by atoms with Gasteiger partial charge in [0.2, 0.25) is 0 Å². The summed E-state index contributed by atoms with van der Waals surface area (Å²) in [5, 5.41) is 0. The van der Waals surface area contributed by atoms with Crippen molar-refractivity contribution in [3.8, 4) is 0 Å². The average molecular weight is 156 g/mol. The minimum atomic E-state index is -4.67. The van der Waals surface area contributed by atoms with Gasteiger partial charge < -0.3 is 5.48 Å². The van der Waals surface area contributed by atoms with Crippen LogP contribution < -0.4 is 0 Å². The van der Waals surface area contributed by atoms with Crippen molar-refractivity contribution in [3.63, 3.8) is 0 Å². The summed E-state index contributed by atoms with van der Waals surface area (Å²) in [5.74, 6) is 0. The summed E-state index contributed by atoms with van der Waals surface area (Å²) in [4.78, 5) is 0. The molecule has 42 valence electrons. The second-order valence-electron chi connectivity index (χ2n) is 0.448. The molecule has 2 radical (unpaired) electrons. The molecule has 0 aromatic carbocycles. The van der Waals surface area contributed by atoms with Gasteiger partial charge in [-0.1, -0.05) is 0 Å². The first-order chi connectivity index (χ1) is 2.00. The van der Waals surface area contributed by atoms with Gasteiger partial charge in [0.05, 0.1) is 0 Å². The first kappa shape index (κ1) is 15.7. The Hall–Kier alpha value is 1.09. The molecule has 0 aliphatic carbocycles. The van der Waals surface area contributed by atoms with Crippen molar-refractivity contribution in [1.29, 1.82) is 0 Å². The van der Waals surface area contributed by atoms with Crippen LogP contribution in [0, 0.1) is 0 Å². The van der Waals surface area contributed by atoms with E-state index in [-0.39, 0.29) is 43.2 Å². The smallest absolute Gasteiger partial charge is 0.394 e. The molecule has 0 amide bonds. The Morgan fingerprint density at radius 3 is 1.14 bits per heavy atom. The normalized spacial score (nSPS) is 8.29. The minimum Gasteiger partial charge on any atom is -0.412 e. The number of rotatable bonds is 0. The van der Waals surface area contributed by atoms with Gasteiger partial charge in [-0.3, -0.25) is 9.11 Å². The summed E-state index contributed by atoms with van der Waals surface area (Å²) in [5.41, 5.74) is 0. The van der Waals surface area contributed by atoms with E-state index >= 15 is 0 Å². The molecule has 0 rings (SSSR count). The molecule has 0 aliphatic heterocycles. The first-order valence-corrected chi connectivity index (χ1v) is 2.10. The summed E-state index contributed by atoms with van der Waals surface area (Å²) in [6.45, 7) is 0. The Morgan fingerprint density at radius 2 is 1.14 bits per heavy atom. The summed E-state index contributed by atoms with van der Waals surface area (Å²) in [7, 11) is -4.67. The molecule has 0 unspecified atom stereocenters. The molecular formula is H4CaO5S. The van der Waals surface area contributed by atoms with E-state index in [4.69, 9.17) is 17.5 Å². The van der Waals surface area contributed by atoms with Crippen LogP contribution in [-0.4, -0.2) is 60.7 Å².